The van der Waals surface area contributed by atoms with E-state index in [1.165, 1.54) is 0 Å². The molecule has 0 heterocycles. The van der Waals surface area contributed by atoms with Crippen LogP contribution in [0, 0.1) is 5.92 Å². The van der Waals surface area contributed by atoms with Gasteiger partial charge in [-0.2, -0.15) is 0 Å². The zero-order valence-corrected chi connectivity index (χ0v) is 11.5. The third-order valence-electron chi connectivity index (χ3n) is 2.42. The predicted octanol–water partition coefficient (Wildman–Crippen LogP) is 1.67. The van der Waals surface area contributed by atoms with Crippen LogP contribution >= 0.6 is 0 Å². The van der Waals surface area contributed by atoms with Crippen molar-refractivity contribution in [2.24, 2.45) is 11.7 Å². The van der Waals surface area contributed by atoms with Crippen LogP contribution in [0.15, 0.2) is 11.8 Å². The van der Waals surface area contributed by atoms with Gasteiger partial charge in [-0.3, -0.25) is 0 Å². The number of nitrogens with two attached hydrogens (primary N) is 1. The molecular formula is C12H23N3O3. The molecule has 3 N–H and O–H groups in total. The number of imide groups is 1. The first-order chi connectivity index (χ1) is 8.43. The third kappa shape index (κ3) is 5.67. The number of hydrogen-bond acceptors (Lipinski definition) is 4. The molecular weight excluding hydrogens is 234 g/mol. The van der Waals surface area contributed by atoms with Crippen molar-refractivity contribution in [3.8, 4) is 0 Å². The Balaban J connectivity index is 4.57. The maximum Gasteiger partial charge on any atom is 0.418 e. The summed E-state index contributed by atoms with van der Waals surface area (Å²) in [6.45, 7) is 8.15. The number of rotatable bonds is 5. The summed E-state index contributed by atoms with van der Waals surface area (Å²) in [5.41, 5.74) is 6.37. The first kappa shape index (κ1) is 16.4. The summed E-state index contributed by atoms with van der Waals surface area (Å²) >= 11 is 0. The van der Waals surface area contributed by atoms with Gasteiger partial charge in [0.2, 0.25) is 0 Å². The zero-order chi connectivity index (χ0) is 14.1. The van der Waals surface area contributed by atoms with Crippen LogP contribution in [0.1, 0.15) is 27.7 Å². The van der Waals surface area contributed by atoms with Gasteiger partial charge in [0.1, 0.15) is 0 Å². The lowest BCUT2D eigenvalue weighted by Crippen LogP contribution is -2.45. The second kappa shape index (κ2) is 8.52. The van der Waals surface area contributed by atoms with E-state index in [1.54, 1.807) is 13.1 Å². The number of nitrogens with one attached hydrogen (secondary N) is 1. The summed E-state index contributed by atoms with van der Waals surface area (Å²) in [7, 11) is 0. The lowest BCUT2D eigenvalue weighted by molar-refractivity contribution is 0.116. The molecule has 0 spiro atoms. The second-order valence-electron chi connectivity index (χ2n) is 4.13. The van der Waals surface area contributed by atoms with Gasteiger partial charge in [-0.1, -0.05) is 19.4 Å². The molecule has 0 aliphatic heterocycles. The normalized spacial score (nSPS) is 11.3. The molecule has 0 atom stereocenters. The molecule has 0 aliphatic carbocycles. The molecule has 104 valence electrons. The van der Waals surface area contributed by atoms with E-state index in [9.17, 15) is 9.59 Å². The molecule has 0 saturated heterocycles. The molecule has 0 aliphatic rings. The highest BCUT2D eigenvalue weighted by molar-refractivity contribution is 5.91. The molecule has 0 unspecified atom stereocenters. The molecule has 3 amide bonds. The first-order valence-corrected chi connectivity index (χ1v) is 6.05. The van der Waals surface area contributed by atoms with E-state index in [-0.39, 0.29) is 19.7 Å². The number of urea groups is 1. The van der Waals surface area contributed by atoms with Crippen LogP contribution in [0.2, 0.25) is 0 Å². The quantitative estimate of drug-likeness (QED) is 0.784. The van der Waals surface area contributed by atoms with E-state index in [0.29, 0.717) is 5.92 Å². The SMILES string of the molecule is CCOC(=O)N(CCN)C(=O)N/C=C(\C)C(C)C. The summed E-state index contributed by atoms with van der Waals surface area (Å²) < 4.78 is 4.78. The zero-order valence-electron chi connectivity index (χ0n) is 11.5. The number of nitrogens with zero attached hydrogens (tertiary/aromatic N) is 1. The monoisotopic (exact) mass is 257 g/mol. The standard InChI is InChI=1S/C12H23N3O3/c1-5-18-12(17)15(7-6-13)11(16)14-8-10(4)9(2)3/h8-9H,5-7,13H2,1-4H3,(H,14,16)/b10-8+. The minimum atomic E-state index is -0.684. The Kier molecular flexibility index (Phi) is 7.78. The molecule has 18 heavy (non-hydrogen) atoms. The lowest BCUT2D eigenvalue weighted by Gasteiger charge is -2.19. The van der Waals surface area contributed by atoms with Crippen molar-refractivity contribution in [1.82, 2.24) is 10.2 Å². The van der Waals surface area contributed by atoms with Crippen molar-refractivity contribution in [2.45, 2.75) is 27.7 Å². The summed E-state index contributed by atoms with van der Waals surface area (Å²) in [4.78, 5) is 24.3. The Morgan fingerprint density at radius 3 is 2.50 bits per heavy atom. The minimum absolute atomic E-state index is 0.124. The summed E-state index contributed by atoms with van der Waals surface area (Å²) in [6.07, 6.45) is 0.909. The van der Waals surface area contributed by atoms with E-state index in [4.69, 9.17) is 10.5 Å². The number of allylic oxidation sites excluding steroid dienone is 1. The smallest absolute Gasteiger partial charge is 0.418 e. The Morgan fingerprint density at radius 2 is 2.06 bits per heavy atom. The molecule has 0 radical (unpaired) electrons. The molecule has 0 bridgehead atoms. The molecule has 6 heteroatoms. The fourth-order valence-corrected chi connectivity index (χ4v) is 1.03. The highest BCUT2D eigenvalue weighted by Crippen LogP contribution is 2.06. The highest BCUT2D eigenvalue weighted by atomic mass is 16.6. The Bertz CT molecular complexity index is 314. The highest BCUT2D eigenvalue weighted by Gasteiger charge is 2.20. The van der Waals surface area contributed by atoms with Gasteiger partial charge in [-0.05, 0) is 19.8 Å². The van der Waals surface area contributed by atoms with E-state index < -0.39 is 12.1 Å². The van der Waals surface area contributed by atoms with E-state index in [1.807, 2.05) is 20.8 Å². The van der Waals surface area contributed by atoms with Gasteiger partial charge in [-0.15, -0.1) is 0 Å². The summed E-state index contributed by atoms with van der Waals surface area (Å²) in [5, 5.41) is 2.56. The van der Waals surface area contributed by atoms with Gasteiger partial charge in [0.05, 0.1) is 6.61 Å². The van der Waals surface area contributed by atoms with E-state index in [2.05, 4.69) is 5.32 Å². The molecule has 6 nitrogen and oxygen atoms in total. The largest absolute Gasteiger partial charge is 0.449 e. The number of amides is 3. The van der Waals surface area contributed by atoms with E-state index in [0.717, 1.165) is 10.5 Å². The van der Waals surface area contributed by atoms with Crippen molar-refractivity contribution in [1.29, 1.82) is 0 Å². The summed E-state index contributed by atoms with van der Waals surface area (Å²) in [5.74, 6) is 0.329. The predicted molar refractivity (Wildman–Crippen MR) is 69.9 cm³/mol. The average molecular weight is 257 g/mol. The second-order valence-corrected chi connectivity index (χ2v) is 4.13. The van der Waals surface area contributed by atoms with Crippen molar-refractivity contribution < 1.29 is 14.3 Å². The molecule has 0 rings (SSSR count). The molecule has 0 aromatic rings. The van der Waals surface area contributed by atoms with Crippen LogP contribution in [-0.2, 0) is 4.74 Å². The van der Waals surface area contributed by atoms with Crippen LogP contribution in [0.25, 0.3) is 0 Å². The molecule has 0 saturated carbocycles. The van der Waals surface area contributed by atoms with Crippen LogP contribution in [-0.4, -0.2) is 36.7 Å². The average Bonchev–Trinajstić information content (AvgIpc) is 2.32. The third-order valence-corrected chi connectivity index (χ3v) is 2.42. The maximum atomic E-state index is 11.8. The fourth-order valence-electron chi connectivity index (χ4n) is 1.03. The van der Waals surface area contributed by atoms with Crippen LogP contribution < -0.4 is 11.1 Å². The van der Waals surface area contributed by atoms with Crippen molar-refractivity contribution in [2.75, 3.05) is 19.7 Å². The van der Waals surface area contributed by atoms with Gasteiger partial charge in [0.25, 0.3) is 0 Å². The molecule has 0 aromatic heterocycles. The Morgan fingerprint density at radius 1 is 1.44 bits per heavy atom. The Labute approximate surface area is 108 Å². The van der Waals surface area contributed by atoms with Gasteiger partial charge >= 0.3 is 12.1 Å². The Hall–Kier alpha value is -1.56. The fraction of sp³-hybridized carbons (Fsp3) is 0.667. The number of hydrogen-bond donors (Lipinski definition) is 2. The molecule has 0 fully saturated rings. The van der Waals surface area contributed by atoms with Crippen LogP contribution in [0.5, 0.6) is 0 Å². The first-order valence-electron chi connectivity index (χ1n) is 6.05. The van der Waals surface area contributed by atoms with Gasteiger partial charge in [0.15, 0.2) is 0 Å². The molecule has 0 aromatic carbocycles. The van der Waals surface area contributed by atoms with Crippen molar-refractivity contribution in [3.05, 3.63) is 11.8 Å². The topological polar surface area (TPSA) is 84.7 Å². The number of carbonyl (C=O) groups excluding carboxylic acids is 2. The minimum Gasteiger partial charge on any atom is -0.449 e. The maximum absolute atomic E-state index is 11.8. The van der Waals surface area contributed by atoms with Crippen LogP contribution in [0.4, 0.5) is 9.59 Å². The van der Waals surface area contributed by atoms with Gasteiger partial charge < -0.3 is 15.8 Å². The summed E-state index contributed by atoms with van der Waals surface area (Å²) in [6, 6.07) is -0.529. The van der Waals surface area contributed by atoms with E-state index >= 15 is 0 Å². The van der Waals surface area contributed by atoms with Gasteiger partial charge in [-0.25, -0.2) is 14.5 Å². The number of carbonyl (C=O) groups is 2. The van der Waals surface area contributed by atoms with Crippen LogP contribution in [0.3, 0.4) is 0 Å². The lowest BCUT2D eigenvalue weighted by atomic mass is 10.1. The number of ether oxygens (including phenoxy) is 1. The van der Waals surface area contributed by atoms with Crippen molar-refractivity contribution in [3.63, 3.8) is 0 Å². The van der Waals surface area contributed by atoms with Gasteiger partial charge in [0, 0.05) is 19.3 Å². The van der Waals surface area contributed by atoms with Crippen molar-refractivity contribution >= 4 is 12.1 Å².